The maximum absolute atomic E-state index is 11.2. The van der Waals surface area contributed by atoms with Gasteiger partial charge in [0.25, 0.3) is 0 Å². The highest BCUT2D eigenvalue weighted by molar-refractivity contribution is 5.90. The molecule has 0 radical (unpaired) electrons. The molecular weight excluding hydrogens is 368 g/mol. The Labute approximate surface area is 171 Å². The molecule has 1 aliphatic rings. The van der Waals surface area contributed by atoms with Gasteiger partial charge < -0.3 is 21.1 Å². The van der Waals surface area contributed by atoms with Gasteiger partial charge in [0.2, 0.25) is 11.9 Å². The zero-order chi connectivity index (χ0) is 21.0. The molecule has 1 atom stereocenters. The largest absolute Gasteiger partial charge is 0.387 e. The molecule has 3 rings (SSSR count). The van der Waals surface area contributed by atoms with Crippen molar-refractivity contribution >= 4 is 28.6 Å². The number of hydrogen-bond acceptors (Lipinski definition) is 7. The Kier molecular flexibility index (Phi) is 6.84. The summed E-state index contributed by atoms with van der Waals surface area (Å²) in [4.78, 5) is 24.8. The van der Waals surface area contributed by atoms with Crippen LogP contribution < -0.4 is 16.0 Å². The van der Waals surface area contributed by atoms with E-state index in [9.17, 15) is 9.90 Å². The summed E-state index contributed by atoms with van der Waals surface area (Å²) in [5, 5.41) is 20.5. The van der Waals surface area contributed by atoms with E-state index in [1.807, 2.05) is 6.07 Å². The number of pyridine rings is 1. The Hall–Kier alpha value is -2.48. The number of nitrogens with one attached hydrogen (secondary N) is 3. The summed E-state index contributed by atoms with van der Waals surface area (Å²) in [5.74, 6) is 1.91. The summed E-state index contributed by atoms with van der Waals surface area (Å²) < 4.78 is 0. The molecule has 0 unspecified atom stereocenters. The van der Waals surface area contributed by atoms with E-state index in [-0.39, 0.29) is 11.9 Å². The van der Waals surface area contributed by atoms with Gasteiger partial charge in [0.05, 0.1) is 23.5 Å². The van der Waals surface area contributed by atoms with Crippen LogP contribution in [0.25, 0.3) is 10.9 Å². The summed E-state index contributed by atoms with van der Waals surface area (Å²) in [6.07, 6.45) is 5.21. The van der Waals surface area contributed by atoms with E-state index in [1.54, 1.807) is 20.0 Å². The molecule has 4 N–H and O–H groups in total. The number of fused-ring (bicyclic) bond motifs is 1. The average Bonchev–Trinajstić information content (AvgIpc) is 2.66. The number of amides is 1. The van der Waals surface area contributed by atoms with Gasteiger partial charge in [0.15, 0.2) is 0 Å². The van der Waals surface area contributed by atoms with Crippen molar-refractivity contribution in [2.45, 2.75) is 71.6 Å². The van der Waals surface area contributed by atoms with Crippen molar-refractivity contribution in [1.82, 2.24) is 20.3 Å². The van der Waals surface area contributed by atoms with Crippen molar-refractivity contribution in [3.8, 4) is 0 Å². The van der Waals surface area contributed by atoms with Crippen molar-refractivity contribution in [1.29, 1.82) is 0 Å². The molecule has 29 heavy (non-hydrogen) atoms. The SMILES string of the molecule is CC(=O)NC1CCC(CNc2nc(NC(C)C)c3cc([C@@H](C)O)ncc3n2)CC1. The van der Waals surface area contributed by atoms with Crippen molar-refractivity contribution in [3.63, 3.8) is 0 Å². The molecule has 1 amide bonds. The van der Waals surface area contributed by atoms with Gasteiger partial charge in [0.1, 0.15) is 5.82 Å². The van der Waals surface area contributed by atoms with Crippen LogP contribution in [-0.4, -0.2) is 44.6 Å². The number of nitrogens with zero attached hydrogens (tertiary/aromatic N) is 3. The van der Waals surface area contributed by atoms with Crippen molar-refractivity contribution < 1.29 is 9.90 Å². The summed E-state index contributed by atoms with van der Waals surface area (Å²) >= 11 is 0. The highest BCUT2D eigenvalue weighted by atomic mass is 16.3. The molecule has 8 heteroatoms. The topological polar surface area (TPSA) is 112 Å². The monoisotopic (exact) mass is 400 g/mol. The molecule has 0 aliphatic heterocycles. The van der Waals surface area contributed by atoms with Crippen LogP contribution >= 0.6 is 0 Å². The minimum absolute atomic E-state index is 0.0497. The zero-order valence-electron chi connectivity index (χ0n) is 17.7. The maximum atomic E-state index is 11.2. The minimum Gasteiger partial charge on any atom is -0.387 e. The van der Waals surface area contributed by atoms with Gasteiger partial charge in [-0.05, 0) is 58.4 Å². The van der Waals surface area contributed by atoms with E-state index >= 15 is 0 Å². The molecule has 2 heterocycles. The fourth-order valence-electron chi connectivity index (χ4n) is 3.77. The second-order valence-electron chi connectivity index (χ2n) is 8.30. The van der Waals surface area contributed by atoms with Gasteiger partial charge in [-0.25, -0.2) is 4.98 Å². The zero-order valence-corrected chi connectivity index (χ0v) is 17.7. The predicted molar refractivity (Wildman–Crippen MR) is 115 cm³/mol. The molecule has 8 nitrogen and oxygen atoms in total. The predicted octanol–water partition coefficient (Wildman–Crippen LogP) is 3.01. The molecule has 1 saturated carbocycles. The number of hydrogen-bond donors (Lipinski definition) is 4. The van der Waals surface area contributed by atoms with Crippen LogP contribution in [0.15, 0.2) is 12.3 Å². The Balaban J connectivity index is 1.71. The molecule has 0 saturated heterocycles. The smallest absolute Gasteiger partial charge is 0.225 e. The van der Waals surface area contributed by atoms with Crippen LogP contribution in [0.5, 0.6) is 0 Å². The van der Waals surface area contributed by atoms with Gasteiger partial charge in [-0.15, -0.1) is 0 Å². The molecule has 0 bridgehead atoms. The van der Waals surface area contributed by atoms with Gasteiger partial charge in [-0.2, -0.15) is 4.98 Å². The standard InChI is InChI=1S/C21H32N6O2/c1-12(2)24-20-17-9-18(13(3)28)22-11-19(17)26-21(27-20)23-10-15-5-7-16(8-6-15)25-14(4)29/h9,11-13,15-16,28H,5-8,10H2,1-4H3,(H,25,29)(H2,23,24,26,27)/t13-,15?,16?/m1/s1. The van der Waals surface area contributed by atoms with Gasteiger partial charge in [-0.3, -0.25) is 9.78 Å². The van der Waals surface area contributed by atoms with Crippen LogP contribution in [-0.2, 0) is 4.79 Å². The van der Waals surface area contributed by atoms with E-state index in [1.165, 1.54) is 0 Å². The molecular formula is C21H32N6O2. The lowest BCUT2D eigenvalue weighted by atomic mass is 9.86. The summed E-state index contributed by atoms with van der Waals surface area (Å²) in [6.45, 7) is 8.20. The van der Waals surface area contributed by atoms with Crippen molar-refractivity contribution in [2.24, 2.45) is 5.92 Å². The van der Waals surface area contributed by atoms with Gasteiger partial charge >= 0.3 is 0 Å². The first-order valence-corrected chi connectivity index (χ1v) is 10.4. The molecule has 2 aromatic heterocycles. The van der Waals surface area contributed by atoms with E-state index in [0.717, 1.165) is 48.9 Å². The molecule has 1 fully saturated rings. The molecule has 1 aliphatic carbocycles. The number of carbonyl (C=O) groups is 1. The minimum atomic E-state index is -0.642. The fourth-order valence-corrected chi connectivity index (χ4v) is 3.77. The highest BCUT2D eigenvalue weighted by Gasteiger charge is 2.22. The normalized spacial score (nSPS) is 20.5. The third-order valence-electron chi connectivity index (χ3n) is 5.26. The molecule has 0 spiro atoms. The molecule has 158 valence electrons. The Morgan fingerprint density at radius 2 is 1.93 bits per heavy atom. The number of rotatable bonds is 7. The third kappa shape index (κ3) is 5.76. The lowest BCUT2D eigenvalue weighted by Crippen LogP contribution is -2.37. The Morgan fingerprint density at radius 3 is 2.55 bits per heavy atom. The van der Waals surface area contributed by atoms with E-state index < -0.39 is 6.10 Å². The van der Waals surface area contributed by atoms with Crippen LogP contribution in [0.2, 0.25) is 0 Å². The second-order valence-corrected chi connectivity index (χ2v) is 8.30. The van der Waals surface area contributed by atoms with Crippen molar-refractivity contribution in [3.05, 3.63) is 18.0 Å². The number of aliphatic hydroxyl groups excluding tert-OH is 1. The lowest BCUT2D eigenvalue weighted by molar-refractivity contribution is -0.119. The first-order chi connectivity index (χ1) is 13.8. The summed E-state index contributed by atoms with van der Waals surface area (Å²) in [7, 11) is 0. The van der Waals surface area contributed by atoms with E-state index in [0.29, 0.717) is 23.6 Å². The van der Waals surface area contributed by atoms with E-state index in [4.69, 9.17) is 0 Å². The number of anilines is 2. The summed E-state index contributed by atoms with van der Waals surface area (Å²) in [5.41, 5.74) is 1.34. The maximum Gasteiger partial charge on any atom is 0.225 e. The number of aromatic nitrogens is 3. The number of aliphatic hydroxyl groups is 1. The van der Waals surface area contributed by atoms with E-state index in [2.05, 4.69) is 44.7 Å². The van der Waals surface area contributed by atoms with Crippen LogP contribution in [0.1, 0.15) is 65.2 Å². The quantitative estimate of drug-likeness (QED) is 0.565. The second kappa shape index (κ2) is 9.35. The average molecular weight is 401 g/mol. The van der Waals surface area contributed by atoms with Crippen molar-refractivity contribution in [2.75, 3.05) is 17.2 Å². The van der Waals surface area contributed by atoms with Crippen LogP contribution in [0.3, 0.4) is 0 Å². The third-order valence-corrected chi connectivity index (χ3v) is 5.26. The van der Waals surface area contributed by atoms with Gasteiger partial charge in [-0.1, -0.05) is 0 Å². The Morgan fingerprint density at radius 1 is 1.21 bits per heavy atom. The fraction of sp³-hybridized carbons (Fsp3) is 0.619. The summed E-state index contributed by atoms with van der Waals surface area (Å²) in [6, 6.07) is 2.36. The molecule has 2 aromatic rings. The number of carbonyl (C=O) groups excluding carboxylic acids is 1. The van der Waals surface area contributed by atoms with Crippen LogP contribution in [0, 0.1) is 5.92 Å². The highest BCUT2D eigenvalue weighted by Crippen LogP contribution is 2.27. The first-order valence-electron chi connectivity index (χ1n) is 10.4. The molecule has 0 aromatic carbocycles. The van der Waals surface area contributed by atoms with Gasteiger partial charge in [0, 0.05) is 30.9 Å². The lowest BCUT2D eigenvalue weighted by Gasteiger charge is -2.29. The first kappa shape index (κ1) is 21.2. The Bertz CT molecular complexity index is 846. The van der Waals surface area contributed by atoms with Crippen LogP contribution in [0.4, 0.5) is 11.8 Å².